The number of Topliss-reactive ketones (excluding diaryl/α,β-unsaturated/α-hetero) is 1. The molecule has 40 heavy (non-hydrogen) atoms. The molecule has 3 heterocycles. The number of β-amino-alcohol motifs (C(OH)–C–C–N with tert-alkyl or cyclic N) is 1. The van der Waals surface area contributed by atoms with E-state index in [4.69, 9.17) is 6.57 Å². The number of likely N-dealkylation sites (tertiary alicyclic amines) is 1. The number of aryl methyl sites for hydroxylation is 2. The number of hydrogen-bond acceptors (Lipinski definition) is 6. The van der Waals surface area contributed by atoms with Gasteiger partial charge in [-0.2, -0.15) is 0 Å². The Morgan fingerprint density at radius 2 is 1.95 bits per heavy atom. The Kier molecular flexibility index (Phi) is 7.83. The Morgan fingerprint density at radius 1 is 1.20 bits per heavy atom. The summed E-state index contributed by atoms with van der Waals surface area (Å²) in [6.07, 6.45) is 0.166. The molecular weight excluding hydrogens is 524 g/mol. The number of nitrogens with zero attached hydrogens (tertiary/aromatic N) is 4. The number of carbonyl (C=O) groups is 3. The molecule has 9 heteroatoms. The van der Waals surface area contributed by atoms with Gasteiger partial charge in [0.2, 0.25) is 11.8 Å². The summed E-state index contributed by atoms with van der Waals surface area (Å²) < 4.78 is 0. The molecule has 0 bridgehead atoms. The zero-order chi connectivity index (χ0) is 28.6. The first-order valence-electron chi connectivity index (χ1n) is 13.5. The van der Waals surface area contributed by atoms with Gasteiger partial charge in [-0.25, -0.2) is 9.83 Å². The molecule has 0 saturated carbocycles. The third-order valence-corrected chi connectivity index (χ3v) is 8.82. The van der Waals surface area contributed by atoms with Gasteiger partial charge in [-0.05, 0) is 36.0 Å². The van der Waals surface area contributed by atoms with Crippen molar-refractivity contribution in [2.75, 3.05) is 6.54 Å². The van der Waals surface area contributed by atoms with Crippen molar-refractivity contribution in [3.8, 4) is 10.4 Å². The molecule has 1 saturated heterocycles. The lowest BCUT2D eigenvalue weighted by molar-refractivity contribution is -0.142. The van der Waals surface area contributed by atoms with Crippen LogP contribution in [-0.2, 0) is 22.6 Å². The molecular formula is C31H32N4O4S. The molecule has 2 aliphatic rings. The minimum Gasteiger partial charge on any atom is -0.391 e. The minimum absolute atomic E-state index is 0.0592. The van der Waals surface area contributed by atoms with Crippen molar-refractivity contribution in [3.05, 3.63) is 81.8 Å². The van der Waals surface area contributed by atoms with Gasteiger partial charge in [0.1, 0.15) is 6.04 Å². The lowest BCUT2D eigenvalue weighted by atomic mass is 9.98. The standard InChI is InChI=1S/C31H32N4O4S/c1-18(2)28(35-15-22-6-5-7-24(32-4)27(22)30(35)38)31(39)34-16-23(36)14-25(34)26(37)13-10-20-8-11-21(12-9-20)29-19(3)33-17-40-29/h5-9,11-12,17-18,23,25,28,36H,10,13-16H2,1-3H3/t23-,25+,28+/m1/s1. The second-order valence-electron chi connectivity index (χ2n) is 10.9. The Bertz CT molecular complexity index is 1490. The zero-order valence-electron chi connectivity index (χ0n) is 22.8. The Labute approximate surface area is 238 Å². The van der Waals surface area contributed by atoms with Crippen molar-refractivity contribution in [2.45, 2.75) is 64.8 Å². The highest BCUT2D eigenvalue weighted by molar-refractivity contribution is 7.13. The van der Waals surface area contributed by atoms with Crippen LogP contribution in [-0.4, -0.2) is 62.2 Å². The van der Waals surface area contributed by atoms with Crippen LogP contribution >= 0.6 is 11.3 Å². The van der Waals surface area contributed by atoms with Crippen molar-refractivity contribution in [1.29, 1.82) is 0 Å². The average Bonchev–Trinajstić information content (AvgIpc) is 3.64. The Morgan fingerprint density at radius 3 is 2.60 bits per heavy atom. The fourth-order valence-electron chi connectivity index (χ4n) is 5.83. The fourth-order valence-corrected chi connectivity index (χ4v) is 6.64. The third-order valence-electron chi connectivity index (χ3n) is 7.84. The second-order valence-corrected chi connectivity index (χ2v) is 11.7. The van der Waals surface area contributed by atoms with Gasteiger partial charge < -0.3 is 14.9 Å². The zero-order valence-corrected chi connectivity index (χ0v) is 23.6. The molecule has 0 unspecified atom stereocenters. The first-order chi connectivity index (χ1) is 19.2. The van der Waals surface area contributed by atoms with Gasteiger partial charge in [-0.3, -0.25) is 14.4 Å². The molecule has 1 N–H and O–H groups in total. The number of aliphatic hydroxyl groups excluding tert-OH is 1. The maximum absolute atomic E-state index is 13.9. The van der Waals surface area contributed by atoms with Gasteiger partial charge in [0.15, 0.2) is 11.5 Å². The Balaban J connectivity index is 1.29. The van der Waals surface area contributed by atoms with Crippen LogP contribution in [0.3, 0.4) is 0 Å². The summed E-state index contributed by atoms with van der Waals surface area (Å²) in [4.78, 5) is 52.6. The summed E-state index contributed by atoms with van der Waals surface area (Å²) in [5.41, 5.74) is 6.28. The van der Waals surface area contributed by atoms with Crippen LogP contribution in [0.15, 0.2) is 48.0 Å². The van der Waals surface area contributed by atoms with E-state index in [1.807, 2.05) is 50.5 Å². The first kappa shape index (κ1) is 27.7. The molecule has 2 amide bonds. The van der Waals surface area contributed by atoms with E-state index in [0.29, 0.717) is 12.0 Å². The van der Waals surface area contributed by atoms with Crippen molar-refractivity contribution in [3.63, 3.8) is 0 Å². The van der Waals surface area contributed by atoms with E-state index in [9.17, 15) is 19.5 Å². The monoisotopic (exact) mass is 556 g/mol. The van der Waals surface area contributed by atoms with E-state index in [0.717, 1.165) is 27.3 Å². The number of aromatic nitrogens is 1. The predicted octanol–water partition coefficient (Wildman–Crippen LogP) is 4.81. The summed E-state index contributed by atoms with van der Waals surface area (Å²) in [6.45, 7) is 13.5. The average molecular weight is 557 g/mol. The normalized spacial score (nSPS) is 19.1. The number of rotatable bonds is 8. The van der Waals surface area contributed by atoms with E-state index < -0.39 is 18.2 Å². The maximum atomic E-state index is 13.9. The molecule has 0 aliphatic carbocycles. The topological polar surface area (TPSA) is 95.2 Å². The van der Waals surface area contributed by atoms with E-state index in [-0.39, 0.29) is 55.1 Å². The summed E-state index contributed by atoms with van der Waals surface area (Å²) in [7, 11) is 0. The molecule has 2 aromatic carbocycles. The van der Waals surface area contributed by atoms with Crippen LogP contribution in [0.5, 0.6) is 0 Å². The predicted molar refractivity (Wildman–Crippen MR) is 153 cm³/mol. The number of fused-ring (bicyclic) bond motifs is 1. The van der Waals surface area contributed by atoms with Crippen LogP contribution < -0.4 is 0 Å². The van der Waals surface area contributed by atoms with Crippen molar-refractivity contribution >= 4 is 34.6 Å². The number of carbonyl (C=O) groups excluding carboxylic acids is 3. The molecule has 8 nitrogen and oxygen atoms in total. The smallest absolute Gasteiger partial charge is 0.246 e. The van der Waals surface area contributed by atoms with Gasteiger partial charge in [0, 0.05) is 25.9 Å². The van der Waals surface area contributed by atoms with Gasteiger partial charge in [0.05, 0.1) is 40.4 Å². The molecule has 1 fully saturated rings. The number of hydrogen-bond donors (Lipinski definition) is 1. The minimum atomic E-state index is -0.804. The molecule has 1 aromatic heterocycles. The van der Waals surface area contributed by atoms with Gasteiger partial charge in [-0.15, -0.1) is 11.3 Å². The summed E-state index contributed by atoms with van der Waals surface area (Å²) >= 11 is 1.59. The molecule has 0 radical (unpaired) electrons. The summed E-state index contributed by atoms with van der Waals surface area (Å²) in [5.74, 6) is -0.995. The summed E-state index contributed by atoms with van der Waals surface area (Å²) in [5, 5.41) is 10.5. The Hall–Kier alpha value is -3.87. The highest BCUT2D eigenvalue weighted by Gasteiger charge is 2.45. The number of thiazole rings is 1. The first-order valence-corrected chi connectivity index (χ1v) is 14.4. The quantitative estimate of drug-likeness (QED) is 0.402. The van der Waals surface area contributed by atoms with Gasteiger partial charge in [-0.1, -0.05) is 56.3 Å². The van der Waals surface area contributed by atoms with E-state index in [1.165, 1.54) is 9.80 Å². The number of amides is 2. The molecule has 2 aliphatic heterocycles. The molecule has 0 spiro atoms. The van der Waals surface area contributed by atoms with Crippen LogP contribution in [0.2, 0.25) is 0 Å². The molecule has 3 atom stereocenters. The van der Waals surface area contributed by atoms with Crippen LogP contribution in [0.4, 0.5) is 5.69 Å². The SMILES string of the molecule is [C-]#[N+]c1cccc2c1C(=O)N([C@H](C(=O)N1C[C@H](O)C[C@H]1C(=O)CCc1ccc(-c3scnc3C)cc1)C(C)C)C2. The van der Waals surface area contributed by atoms with E-state index >= 15 is 0 Å². The lowest BCUT2D eigenvalue weighted by Crippen LogP contribution is -2.54. The molecule has 206 valence electrons. The fraction of sp³-hybridized carbons (Fsp3) is 0.387. The molecule has 3 aromatic rings. The largest absolute Gasteiger partial charge is 0.391 e. The lowest BCUT2D eigenvalue weighted by Gasteiger charge is -2.35. The van der Waals surface area contributed by atoms with Crippen LogP contribution in [0.25, 0.3) is 15.3 Å². The van der Waals surface area contributed by atoms with Crippen LogP contribution in [0.1, 0.15) is 53.9 Å². The van der Waals surface area contributed by atoms with E-state index in [2.05, 4.69) is 9.83 Å². The van der Waals surface area contributed by atoms with Crippen molar-refractivity contribution < 1.29 is 19.5 Å². The number of ketones is 1. The third kappa shape index (κ3) is 5.17. The van der Waals surface area contributed by atoms with Crippen LogP contribution in [0, 0.1) is 19.4 Å². The molecule has 5 rings (SSSR count). The van der Waals surface area contributed by atoms with Gasteiger partial charge in [0.25, 0.3) is 0 Å². The van der Waals surface area contributed by atoms with Crippen molar-refractivity contribution in [2.24, 2.45) is 5.92 Å². The maximum Gasteiger partial charge on any atom is 0.246 e. The van der Waals surface area contributed by atoms with Crippen molar-refractivity contribution in [1.82, 2.24) is 14.8 Å². The number of benzene rings is 2. The second kappa shape index (κ2) is 11.3. The highest BCUT2D eigenvalue weighted by Crippen LogP contribution is 2.35. The van der Waals surface area contributed by atoms with Gasteiger partial charge >= 0.3 is 0 Å². The van der Waals surface area contributed by atoms with E-state index in [1.54, 1.807) is 29.5 Å². The summed E-state index contributed by atoms with van der Waals surface area (Å²) in [6, 6.07) is 11.7. The number of aliphatic hydroxyl groups is 1. The highest BCUT2D eigenvalue weighted by atomic mass is 32.1.